The van der Waals surface area contributed by atoms with Crippen LogP contribution in [0.1, 0.15) is 29.8 Å². The number of urea groups is 1. The van der Waals surface area contributed by atoms with Crippen LogP contribution >= 0.6 is 11.3 Å². The Morgan fingerprint density at radius 1 is 1.48 bits per heavy atom. The second-order valence-electron chi connectivity index (χ2n) is 5.70. The van der Waals surface area contributed by atoms with Crippen molar-refractivity contribution in [2.45, 2.75) is 19.4 Å². The van der Waals surface area contributed by atoms with Crippen molar-refractivity contribution in [3.63, 3.8) is 0 Å². The molecule has 0 radical (unpaired) electrons. The summed E-state index contributed by atoms with van der Waals surface area (Å²) in [5.41, 5.74) is 2.16. The fourth-order valence-corrected chi connectivity index (χ4v) is 3.39. The zero-order valence-electron chi connectivity index (χ0n) is 13.7. The Kier molecular flexibility index (Phi) is 4.95. The number of carbonyl (C=O) groups excluding carboxylic acids is 2. The Morgan fingerprint density at radius 2 is 2.24 bits per heavy atom. The van der Waals surface area contributed by atoms with Gasteiger partial charge in [-0.1, -0.05) is 12.1 Å². The van der Waals surface area contributed by atoms with E-state index in [0.29, 0.717) is 29.5 Å². The van der Waals surface area contributed by atoms with Crippen molar-refractivity contribution in [3.8, 4) is 6.07 Å². The Bertz CT molecular complexity index is 824. The van der Waals surface area contributed by atoms with Gasteiger partial charge in [-0.05, 0) is 24.6 Å². The van der Waals surface area contributed by atoms with E-state index < -0.39 is 0 Å². The van der Waals surface area contributed by atoms with Crippen LogP contribution in [-0.4, -0.2) is 30.0 Å². The first-order valence-corrected chi connectivity index (χ1v) is 8.74. The molecule has 2 heterocycles. The monoisotopic (exact) mass is 355 g/mol. The summed E-state index contributed by atoms with van der Waals surface area (Å²) < 4.78 is 0. The van der Waals surface area contributed by atoms with E-state index in [0.717, 1.165) is 5.56 Å². The van der Waals surface area contributed by atoms with Crippen LogP contribution in [0.3, 0.4) is 0 Å². The van der Waals surface area contributed by atoms with Crippen LogP contribution in [0.4, 0.5) is 9.93 Å². The van der Waals surface area contributed by atoms with E-state index >= 15 is 0 Å². The first-order chi connectivity index (χ1) is 12.1. The summed E-state index contributed by atoms with van der Waals surface area (Å²) >= 11 is 1.36. The van der Waals surface area contributed by atoms with Gasteiger partial charge in [0.2, 0.25) is 5.91 Å². The summed E-state index contributed by atoms with van der Waals surface area (Å²) in [4.78, 5) is 29.8. The van der Waals surface area contributed by atoms with Gasteiger partial charge in [-0.3, -0.25) is 9.69 Å². The highest BCUT2D eigenvalue weighted by molar-refractivity contribution is 7.14. The normalized spacial score (nSPS) is 14.7. The van der Waals surface area contributed by atoms with Crippen LogP contribution in [0, 0.1) is 11.3 Å². The minimum atomic E-state index is -0.164. The van der Waals surface area contributed by atoms with Crippen LogP contribution in [0.2, 0.25) is 0 Å². The molecule has 2 N–H and O–H groups in total. The Balaban J connectivity index is 1.58. The summed E-state index contributed by atoms with van der Waals surface area (Å²) in [6, 6.07) is 8.87. The second kappa shape index (κ2) is 7.32. The molecule has 128 valence electrons. The maximum atomic E-state index is 12.2. The van der Waals surface area contributed by atoms with Crippen molar-refractivity contribution in [1.82, 2.24) is 15.6 Å². The molecule has 0 aliphatic carbocycles. The van der Waals surface area contributed by atoms with Gasteiger partial charge >= 0.3 is 6.03 Å². The molecule has 1 fully saturated rings. The molecule has 2 aromatic rings. The number of thiazole rings is 1. The third-order valence-electron chi connectivity index (χ3n) is 3.89. The molecule has 1 saturated heterocycles. The molecule has 0 saturated carbocycles. The number of nitrogens with zero attached hydrogens (tertiary/aromatic N) is 3. The summed E-state index contributed by atoms with van der Waals surface area (Å²) in [5.74, 6) is -0.139. The standard InChI is InChI=1S/C17H17N5O2S/c1-11(13-4-2-12(9-18)3-5-13)20-15(23)8-14-10-25-17(21-14)22-7-6-19-16(22)24/h2-5,10-11H,6-8H2,1H3,(H,19,24)(H,20,23). The van der Waals surface area contributed by atoms with Gasteiger partial charge in [-0.25, -0.2) is 9.78 Å². The maximum absolute atomic E-state index is 12.2. The summed E-state index contributed by atoms with van der Waals surface area (Å²) in [7, 11) is 0. The quantitative estimate of drug-likeness (QED) is 0.856. The SMILES string of the molecule is CC(NC(=O)Cc1csc(N2CCNC2=O)n1)c1ccc(C#N)cc1. The lowest BCUT2D eigenvalue weighted by molar-refractivity contribution is -0.121. The number of nitriles is 1. The van der Waals surface area contributed by atoms with Crippen LogP contribution < -0.4 is 15.5 Å². The fourth-order valence-electron chi connectivity index (χ4n) is 2.54. The topological polar surface area (TPSA) is 98.1 Å². The maximum Gasteiger partial charge on any atom is 0.323 e. The summed E-state index contributed by atoms with van der Waals surface area (Å²) in [6.07, 6.45) is 0.159. The number of carbonyl (C=O) groups is 2. The van der Waals surface area contributed by atoms with Crippen molar-refractivity contribution in [1.29, 1.82) is 5.26 Å². The minimum absolute atomic E-state index is 0.139. The van der Waals surface area contributed by atoms with Crippen LogP contribution in [-0.2, 0) is 11.2 Å². The van der Waals surface area contributed by atoms with E-state index in [9.17, 15) is 9.59 Å². The van der Waals surface area contributed by atoms with Gasteiger partial charge in [0.05, 0.1) is 29.8 Å². The minimum Gasteiger partial charge on any atom is -0.349 e. The van der Waals surface area contributed by atoms with Crippen molar-refractivity contribution in [2.24, 2.45) is 0 Å². The molecule has 1 unspecified atom stereocenters. The molecule has 25 heavy (non-hydrogen) atoms. The predicted molar refractivity (Wildman–Crippen MR) is 94.3 cm³/mol. The van der Waals surface area contributed by atoms with E-state index in [2.05, 4.69) is 21.7 Å². The van der Waals surface area contributed by atoms with Crippen LogP contribution in [0.5, 0.6) is 0 Å². The molecule has 1 aromatic heterocycles. The molecule has 7 nitrogen and oxygen atoms in total. The molecule has 1 atom stereocenters. The van der Waals surface area contributed by atoms with Gasteiger partial charge in [0.25, 0.3) is 0 Å². The molecule has 3 amide bonds. The highest BCUT2D eigenvalue weighted by atomic mass is 32.1. The van der Waals surface area contributed by atoms with Crippen molar-refractivity contribution < 1.29 is 9.59 Å². The third kappa shape index (κ3) is 3.95. The van der Waals surface area contributed by atoms with Crippen molar-refractivity contribution in [2.75, 3.05) is 18.0 Å². The number of hydrogen-bond acceptors (Lipinski definition) is 5. The average Bonchev–Trinajstić information content (AvgIpc) is 3.23. The third-order valence-corrected chi connectivity index (χ3v) is 4.80. The Labute approximate surface area is 149 Å². The first kappa shape index (κ1) is 16.9. The van der Waals surface area contributed by atoms with Gasteiger partial charge in [0, 0.05) is 18.5 Å². The number of nitrogens with one attached hydrogen (secondary N) is 2. The summed E-state index contributed by atoms with van der Waals surface area (Å²) in [5, 5.41) is 16.9. The number of hydrogen-bond donors (Lipinski definition) is 2. The van der Waals surface area contributed by atoms with E-state index in [-0.39, 0.29) is 24.4 Å². The second-order valence-corrected chi connectivity index (χ2v) is 6.54. The first-order valence-electron chi connectivity index (χ1n) is 7.86. The van der Waals surface area contributed by atoms with E-state index in [1.54, 1.807) is 22.4 Å². The lowest BCUT2D eigenvalue weighted by Crippen LogP contribution is -2.29. The van der Waals surface area contributed by atoms with Gasteiger partial charge in [-0.15, -0.1) is 11.3 Å². The van der Waals surface area contributed by atoms with Crippen molar-refractivity contribution >= 4 is 28.4 Å². The van der Waals surface area contributed by atoms with Crippen LogP contribution in [0.15, 0.2) is 29.6 Å². The molecule has 1 aliphatic rings. The number of rotatable bonds is 5. The molecule has 0 spiro atoms. The zero-order valence-corrected chi connectivity index (χ0v) is 14.5. The lowest BCUT2D eigenvalue weighted by atomic mass is 10.1. The molecular formula is C17H17N5O2S. The molecule has 3 rings (SSSR count). The molecule has 0 bridgehead atoms. The van der Waals surface area contributed by atoms with E-state index in [1.807, 2.05) is 19.1 Å². The predicted octanol–water partition coefficient (Wildman–Crippen LogP) is 1.96. The number of amides is 3. The average molecular weight is 355 g/mol. The molecule has 1 aromatic carbocycles. The van der Waals surface area contributed by atoms with Gasteiger partial charge in [-0.2, -0.15) is 5.26 Å². The molecule has 8 heteroatoms. The van der Waals surface area contributed by atoms with Gasteiger partial charge < -0.3 is 10.6 Å². The number of benzene rings is 1. The largest absolute Gasteiger partial charge is 0.349 e. The van der Waals surface area contributed by atoms with E-state index in [4.69, 9.17) is 5.26 Å². The van der Waals surface area contributed by atoms with Crippen LogP contribution in [0.25, 0.3) is 0 Å². The van der Waals surface area contributed by atoms with Gasteiger partial charge in [0.15, 0.2) is 5.13 Å². The smallest absolute Gasteiger partial charge is 0.323 e. The lowest BCUT2D eigenvalue weighted by Gasteiger charge is -2.14. The molecular weight excluding hydrogens is 338 g/mol. The highest BCUT2D eigenvalue weighted by Gasteiger charge is 2.24. The highest BCUT2D eigenvalue weighted by Crippen LogP contribution is 2.22. The number of anilines is 1. The summed E-state index contributed by atoms with van der Waals surface area (Å²) in [6.45, 7) is 3.09. The van der Waals surface area contributed by atoms with E-state index in [1.165, 1.54) is 11.3 Å². The molecule has 1 aliphatic heterocycles. The fraction of sp³-hybridized carbons (Fsp3) is 0.294. The van der Waals surface area contributed by atoms with Crippen molar-refractivity contribution in [3.05, 3.63) is 46.5 Å². The Morgan fingerprint density at radius 3 is 2.88 bits per heavy atom. The number of aromatic nitrogens is 1. The zero-order chi connectivity index (χ0) is 17.8. The Hall–Kier alpha value is -2.92. The van der Waals surface area contributed by atoms with Gasteiger partial charge in [0.1, 0.15) is 0 Å².